The van der Waals surface area contributed by atoms with E-state index < -0.39 is 16.3 Å². The minimum atomic E-state index is -0.537. The van der Waals surface area contributed by atoms with E-state index in [2.05, 4.69) is 5.32 Å². The maximum atomic E-state index is 13.8. The number of nitrogens with zero attached hydrogens (tertiary/aromatic N) is 1. The summed E-state index contributed by atoms with van der Waals surface area (Å²) in [6.07, 6.45) is 0.697. The van der Waals surface area contributed by atoms with Gasteiger partial charge in [-0.2, -0.15) is 0 Å². The fourth-order valence-electron chi connectivity index (χ4n) is 2.71. The molecular formula is C14H19FN2O3. The number of nitro groups is 1. The maximum Gasteiger partial charge on any atom is 0.271 e. The van der Waals surface area contributed by atoms with Crippen LogP contribution in [0.5, 0.6) is 0 Å². The second kappa shape index (κ2) is 4.70. The first kappa shape index (κ1) is 14.7. The zero-order valence-corrected chi connectivity index (χ0v) is 12.1. The van der Waals surface area contributed by atoms with Gasteiger partial charge in [0.05, 0.1) is 27.9 Å². The Bertz CT molecular complexity index is 543. The van der Waals surface area contributed by atoms with Gasteiger partial charge in [0.15, 0.2) is 0 Å². The lowest BCUT2D eigenvalue weighted by Crippen LogP contribution is -2.38. The van der Waals surface area contributed by atoms with Gasteiger partial charge >= 0.3 is 0 Å². The number of hydrogen-bond donors (Lipinski definition) is 1. The van der Waals surface area contributed by atoms with Gasteiger partial charge in [0, 0.05) is 12.1 Å². The monoisotopic (exact) mass is 282 g/mol. The fourth-order valence-corrected chi connectivity index (χ4v) is 2.71. The van der Waals surface area contributed by atoms with Crippen molar-refractivity contribution in [3.63, 3.8) is 0 Å². The Hall–Kier alpha value is -1.69. The van der Waals surface area contributed by atoms with Crippen molar-refractivity contribution in [2.24, 2.45) is 0 Å². The summed E-state index contributed by atoms with van der Waals surface area (Å²) < 4.78 is 19.7. The highest BCUT2D eigenvalue weighted by Crippen LogP contribution is 2.39. The number of nitrogens with one attached hydrogen (secondary N) is 1. The van der Waals surface area contributed by atoms with Gasteiger partial charge in [-0.3, -0.25) is 10.1 Å². The van der Waals surface area contributed by atoms with Crippen LogP contribution < -0.4 is 5.32 Å². The molecule has 1 aliphatic rings. The van der Waals surface area contributed by atoms with Crippen molar-refractivity contribution < 1.29 is 14.1 Å². The van der Waals surface area contributed by atoms with Crippen molar-refractivity contribution in [3.8, 4) is 0 Å². The molecule has 5 nitrogen and oxygen atoms in total. The molecule has 1 fully saturated rings. The number of benzene rings is 1. The summed E-state index contributed by atoms with van der Waals surface area (Å²) in [6, 6.07) is 3.36. The molecule has 1 heterocycles. The molecule has 0 spiro atoms. The van der Waals surface area contributed by atoms with Gasteiger partial charge in [-0.05, 0) is 40.2 Å². The van der Waals surface area contributed by atoms with Crippen LogP contribution in [0.25, 0.3) is 0 Å². The van der Waals surface area contributed by atoms with Crippen LogP contribution in [0.3, 0.4) is 0 Å². The molecule has 2 rings (SSSR count). The molecule has 0 aromatic heterocycles. The van der Waals surface area contributed by atoms with Crippen LogP contribution in [0.1, 0.15) is 34.1 Å². The molecule has 1 N–H and O–H groups in total. The van der Waals surface area contributed by atoms with Crippen molar-refractivity contribution in [1.29, 1.82) is 0 Å². The third kappa shape index (κ3) is 2.90. The van der Waals surface area contributed by atoms with Gasteiger partial charge in [0.2, 0.25) is 0 Å². The predicted octanol–water partition coefficient (Wildman–Crippen LogP) is 3.49. The standard InChI is InChI=1S/C14H19FN2O3/c1-13(2)8-12(14(3,4)20-13)16-11-7-9(17(18)19)5-6-10(11)15/h5-7,12,16H,8H2,1-4H3. The molecule has 1 unspecified atom stereocenters. The van der Waals surface area contributed by atoms with Crippen LogP contribution >= 0.6 is 0 Å². The molecule has 0 amide bonds. The SMILES string of the molecule is CC1(C)CC(Nc2cc([N+](=O)[O-])ccc2F)C(C)(C)O1. The Morgan fingerprint density at radius 1 is 1.40 bits per heavy atom. The molecule has 0 bridgehead atoms. The summed E-state index contributed by atoms with van der Waals surface area (Å²) in [4.78, 5) is 10.2. The van der Waals surface area contributed by atoms with Crippen molar-refractivity contribution in [2.75, 3.05) is 5.32 Å². The molecule has 0 saturated carbocycles. The van der Waals surface area contributed by atoms with E-state index in [0.717, 1.165) is 12.1 Å². The normalized spacial score (nSPS) is 23.6. The number of non-ortho nitro benzene ring substituents is 1. The zero-order chi connectivity index (χ0) is 15.1. The van der Waals surface area contributed by atoms with E-state index >= 15 is 0 Å². The van der Waals surface area contributed by atoms with Gasteiger partial charge in [-0.15, -0.1) is 0 Å². The van der Waals surface area contributed by atoms with Crippen LogP contribution in [0, 0.1) is 15.9 Å². The Kier molecular flexibility index (Phi) is 3.46. The summed E-state index contributed by atoms with van der Waals surface area (Å²) in [7, 11) is 0. The average Bonchev–Trinajstić information content (AvgIpc) is 2.49. The quantitative estimate of drug-likeness (QED) is 0.680. The van der Waals surface area contributed by atoms with Gasteiger partial charge < -0.3 is 10.1 Å². The van der Waals surface area contributed by atoms with Gasteiger partial charge in [-0.25, -0.2) is 4.39 Å². The first-order chi connectivity index (χ1) is 9.11. The Morgan fingerprint density at radius 3 is 2.55 bits per heavy atom. The smallest absolute Gasteiger partial charge is 0.271 e. The van der Waals surface area contributed by atoms with Crippen molar-refractivity contribution >= 4 is 11.4 Å². The van der Waals surface area contributed by atoms with Crippen LogP contribution in [0.15, 0.2) is 18.2 Å². The number of ether oxygens (including phenoxy) is 1. The summed E-state index contributed by atoms with van der Waals surface area (Å²) in [5, 5.41) is 13.8. The van der Waals surface area contributed by atoms with Crippen molar-refractivity contribution in [2.45, 2.75) is 51.4 Å². The lowest BCUT2D eigenvalue weighted by Gasteiger charge is -2.28. The van der Waals surface area contributed by atoms with Crippen LogP contribution in [-0.2, 0) is 4.74 Å². The zero-order valence-electron chi connectivity index (χ0n) is 12.1. The fraction of sp³-hybridized carbons (Fsp3) is 0.571. The van der Waals surface area contributed by atoms with E-state index in [0.29, 0.717) is 6.42 Å². The largest absolute Gasteiger partial charge is 0.377 e. The predicted molar refractivity (Wildman–Crippen MR) is 74.3 cm³/mol. The molecule has 0 aliphatic carbocycles. The van der Waals surface area contributed by atoms with Gasteiger partial charge in [0.25, 0.3) is 5.69 Å². The molecule has 6 heteroatoms. The van der Waals surface area contributed by atoms with E-state index in [4.69, 9.17) is 4.74 Å². The minimum Gasteiger partial charge on any atom is -0.377 e. The molecule has 0 radical (unpaired) electrons. The van der Waals surface area contributed by atoms with E-state index in [1.165, 1.54) is 6.07 Å². The Morgan fingerprint density at radius 2 is 2.05 bits per heavy atom. The highest BCUT2D eigenvalue weighted by molar-refractivity contribution is 5.53. The molecular weight excluding hydrogens is 263 g/mol. The summed E-state index contributed by atoms with van der Waals surface area (Å²) in [5.74, 6) is -0.504. The van der Waals surface area contributed by atoms with Crippen molar-refractivity contribution in [3.05, 3.63) is 34.1 Å². The minimum absolute atomic E-state index is 0.117. The summed E-state index contributed by atoms with van der Waals surface area (Å²) >= 11 is 0. The number of hydrogen-bond acceptors (Lipinski definition) is 4. The van der Waals surface area contributed by atoms with Crippen molar-refractivity contribution in [1.82, 2.24) is 0 Å². The summed E-state index contributed by atoms with van der Waals surface area (Å²) in [6.45, 7) is 7.80. The van der Waals surface area contributed by atoms with E-state index in [1.807, 2.05) is 27.7 Å². The first-order valence-corrected chi connectivity index (χ1v) is 6.51. The van der Waals surface area contributed by atoms with Gasteiger partial charge in [-0.1, -0.05) is 0 Å². The average molecular weight is 282 g/mol. The Balaban J connectivity index is 2.26. The molecule has 1 aromatic rings. The highest BCUT2D eigenvalue weighted by atomic mass is 19.1. The van der Waals surface area contributed by atoms with Crippen LogP contribution in [-0.4, -0.2) is 22.2 Å². The van der Waals surface area contributed by atoms with Gasteiger partial charge in [0.1, 0.15) is 5.82 Å². The second-order valence-corrected chi connectivity index (χ2v) is 6.29. The second-order valence-electron chi connectivity index (χ2n) is 6.29. The molecule has 110 valence electrons. The highest BCUT2D eigenvalue weighted by Gasteiger charge is 2.46. The molecule has 1 aromatic carbocycles. The lowest BCUT2D eigenvalue weighted by molar-refractivity contribution is -0.384. The molecule has 20 heavy (non-hydrogen) atoms. The number of anilines is 1. The maximum absolute atomic E-state index is 13.8. The molecule has 1 saturated heterocycles. The number of nitro benzene ring substituents is 1. The number of rotatable bonds is 3. The summed E-state index contributed by atoms with van der Waals surface area (Å²) in [5.41, 5.74) is -0.776. The topological polar surface area (TPSA) is 64.4 Å². The number of halogens is 1. The van der Waals surface area contributed by atoms with E-state index in [-0.39, 0.29) is 23.0 Å². The third-order valence-electron chi connectivity index (χ3n) is 3.56. The van der Waals surface area contributed by atoms with E-state index in [1.54, 1.807) is 0 Å². The first-order valence-electron chi connectivity index (χ1n) is 6.51. The molecule has 1 atom stereocenters. The Labute approximate surface area is 117 Å². The molecule has 1 aliphatic heterocycles. The van der Waals surface area contributed by atoms with Crippen LogP contribution in [0.4, 0.5) is 15.8 Å². The van der Waals surface area contributed by atoms with Crippen LogP contribution in [0.2, 0.25) is 0 Å². The van der Waals surface area contributed by atoms with E-state index in [9.17, 15) is 14.5 Å². The third-order valence-corrected chi connectivity index (χ3v) is 3.56. The lowest BCUT2D eigenvalue weighted by atomic mass is 9.94.